The molecule has 20 heavy (non-hydrogen) atoms. The lowest BCUT2D eigenvalue weighted by Gasteiger charge is -2.12. The van der Waals surface area contributed by atoms with Crippen molar-refractivity contribution < 1.29 is 0 Å². The first-order valence-electron chi connectivity index (χ1n) is 6.78. The number of hydrogen-bond donors (Lipinski definition) is 0. The number of hydrogen-bond acceptors (Lipinski definition) is 2. The summed E-state index contributed by atoms with van der Waals surface area (Å²) in [6, 6.07) is 4.33. The summed E-state index contributed by atoms with van der Waals surface area (Å²) >= 11 is 9.80. The number of aryl methyl sites for hydroxylation is 3. The van der Waals surface area contributed by atoms with Crippen molar-refractivity contribution in [1.29, 1.82) is 0 Å². The molecule has 0 bridgehead atoms. The minimum Gasteiger partial charge on any atom is -0.231 e. The maximum absolute atomic E-state index is 6.28. The molecule has 1 saturated carbocycles. The minimum absolute atomic E-state index is 0.510. The first-order chi connectivity index (χ1) is 9.47. The zero-order chi connectivity index (χ0) is 14.4. The first kappa shape index (κ1) is 14.0. The van der Waals surface area contributed by atoms with Crippen molar-refractivity contribution in [3.05, 3.63) is 44.1 Å². The molecule has 4 heteroatoms. The van der Waals surface area contributed by atoms with Crippen LogP contribution >= 0.6 is 27.5 Å². The van der Waals surface area contributed by atoms with E-state index in [0.717, 1.165) is 21.6 Å². The van der Waals surface area contributed by atoms with Crippen molar-refractivity contribution in [3.63, 3.8) is 0 Å². The third-order valence-corrected chi connectivity index (χ3v) is 4.98. The summed E-state index contributed by atoms with van der Waals surface area (Å²) in [4.78, 5) is 9.25. The molecule has 104 valence electrons. The fourth-order valence-electron chi connectivity index (χ4n) is 2.71. The van der Waals surface area contributed by atoms with E-state index in [1.165, 1.54) is 29.5 Å². The molecule has 2 nitrogen and oxygen atoms in total. The Bertz CT molecular complexity index is 670. The fraction of sp³-hybridized carbons (Fsp3) is 0.375. The fourth-order valence-corrected chi connectivity index (χ4v) is 3.39. The molecular formula is C16H16BrClN2. The van der Waals surface area contributed by atoms with Crippen LogP contribution < -0.4 is 0 Å². The van der Waals surface area contributed by atoms with Gasteiger partial charge in [0.05, 0.1) is 10.2 Å². The van der Waals surface area contributed by atoms with Crippen LogP contribution in [0.1, 0.15) is 41.1 Å². The van der Waals surface area contributed by atoms with Crippen LogP contribution in [0.5, 0.6) is 0 Å². The maximum Gasteiger partial charge on any atom is 0.161 e. The van der Waals surface area contributed by atoms with Crippen LogP contribution in [0.4, 0.5) is 0 Å². The number of rotatable bonds is 2. The van der Waals surface area contributed by atoms with Crippen molar-refractivity contribution in [2.45, 2.75) is 39.5 Å². The van der Waals surface area contributed by atoms with Gasteiger partial charge < -0.3 is 0 Å². The highest BCUT2D eigenvalue weighted by atomic mass is 79.9. The molecule has 1 aliphatic carbocycles. The molecule has 3 rings (SSSR count). The molecule has 1 fully saturated rings. The average Bonchev–Trinajstić information content (AvgIpc) is 3.16. The molecule has 1 heterocycles. The summed E-state index contributed by atoms with van der Waals surface area (Å²) in [6.45, 7) is 6.31. The zero-order valence-electron chi connectivity index (χ0n) is 11.8. The van der Waals surface area contributed by atoms with Crippen molar-refractivity contribution in [2.75, 3.05) is 0 Å². The SMILES string of the molecule is Cc1cc(C)c(-c2nc(Cl)c(Br)c(C3CC3)n2)c(C)c1. The Morgan fingerprint density at radius 2 is 1.70 bits per heavy atom. The van der Waals surface area contributed by atoms with Gasteiger partial charge in [0.15, 0.2) is 5.82 Å². The van der Waals surface area contributed by atoms with Crippen molar-refractivity contribution in [2.24, 2.45) is 0 Å². The number of benzene rings is 1. The van der Waals surface area contributed by atoms with Crippen molar-refractivity contribution in [3.8, 4) is 11.4 Å². The van der Waals surface area contributed by atoms with Crippen LogP contribution in [0.3, 0.4) is 0 Å². The van der Waals surface area contributed by atoms with Gasteiger partial charge >= 0.3 is 0 Å². The highest BCUT2D eigenvalue weighted by Gasteiger charge is 2.29. The lowest BCUT2D eigenvalue weighted by Crippen LogP contribution is -2.00. The minimum atomic E-state index is 0.510. The van der Waals surface area contributed by atoms with Gasteiger partial charge in [-0.2, -0.15) is 0 Å². The van der Waals surface area contributed by atoms with Crippen LogP contribution in [0, 0.1) is 20.8 Å². The Morgan fingerprint density at radius 3 is 2.25 bits per heavy atom. The molecule has 2 aromatic rings. The van der Waals surface area contributed by atoms with Gasteiger partial charge in [-0.1, -0.05) is 29.3 Å². The van der Waals surface area contributed by atoms with Crippen LogP contribution in [0.25, 0.3) is 11.4 Å². The van der Waals surface area contributed by atoms with E-state index in [2.05, 4.69) is 53.8 Å². The molecule has 0 radical (unpaired) electrons. The van der Waals surface area contributed by atoms with Gasteiger partial charge in [0.1, 0.15) is 5.15 Å². The van der Waals surface area contributed by atoms with E-state index in [-0.39, 0.29) is 0 Å². The summed E-state index contributed by atoms with van der Waals surface area (Å²) in [5, 5.41) is 0.510. The van der Waals surface area contributed by atoms with E-state index in [1.807, 2.05) is 0 Å². The Morgan fingerprint density at radius 1 is 1.10 bits per heavy atom. The van der Waals surface area contributed by atoms with Crippen LogP contribution in [-0.2, 0) is 0 Å². The molecule has 1 aromatic carbocycles. The van der Waals surface area contributed by atoms with Crippen molar-refractivity contribution in [1.82, 2.24) is 9.97 Å². The molecule has 0 unspecified atom stereocenters. The molecular weight excluding hydrogens is 336 g/mol. The average molecular weight is 352 g/mol. The predicted octanol–water partition coefficient (Wildman–Crippen LogP) is 5.36. The van der Waals surface area contributed by atoms with E-state index in [9.17, 15) is 0 Å². The number of nitrogens with zero attached hydrogens (tertiary/aromatic N) is 2. The lowest BCUT2D eigenvalue weighted by molar-refractivity contribution is 0.976. The third-order valence-electron chi connectivity index (χ3n) is 3.70. The number of aromatic nitrogens is 2. The summed E-state index contributed by atoms with van der Waals surface area (Å²) in [7, 11) is 0. The summed E-state index contributed by atoms with van der Waals surface area (Å²) in [5.41, 5.74) is 5.81. The molecule has 1 aromatic heterocycles. The first-order valence-corrected chi connectivity index (χ1v) is 7.95. The Balaban J connectivity index is 2.20. The number of halogens is 2. The quantitative estimate of drug-likeness (QED) is 0.680. The van der Waals surface area contributed by atoms with E-state index >= 15 is 0 Å². The Labute approximate surface area is 132 Å². The normalized spacial score (nSPS) is 14.7. The zero-order valence-corrected chi connectivity index (χ0v) is 14.1. The standard InChI is InChI=1S/C16H16BrClN2/c1-8-6-9(2)12(10(3)7-8)16-19-14(11-4-5-11)13(17)15(18)20-16/h6-7,11H,4-5H2,1-3H3. The second kappa shape index (κ2) is 5.12. The van der Waals surface area contributed by atoms with Gasteiger partial charge in [-0.15, -0.1) is 0 Å². The molecule has 0 aliphatic heterocycles. The molecule has 0 amide bonds. The van der Waals surface area contributed by atoms with E-state index in [1.54, 1.807) is 0 Å². The molecule has 1 aliphatic rings. The van der Waals surface area contributed by atoms with Crippen LogP contribution in [-0.4, -0.2) is 9.97 Å². The van der Waals surface area contributed by atoms with Crippen molar-refractivity contribution >= 4 is 27.5 Å². The highest BCUT2D eigenvalue weighted by molar-refractivity contribution is 9.10. The maximum atomic E-state index is 6.28. The Kier molecular flexibility index (Phi) is 3.59. The molecule has 0 atom stereocenters. The predicted molar refractivity (Wildman–Crippen MR) is 86.4 cm³/mol. The second-order valence-corrected chi connectivity index (χ2v) is 6.74. The topological polar surface area (TPSA) is 25.8 Å². The Hall–Kier alpha value is -0.930. The van der Waals surface area contributed by atoms with E-state index < -0.39 is 0 Å². The van der Waals surface area contributed by atoms with Gasteiger partial charge in [0, 0.05) is 11.5 Å². The van der Waals surface area contributed by atoms with Gasteiger partial charge in [-0.05, 0) is 60.7 Å². The highest BCUT2D eigenvalue weighted by Crippen LogP contribution is 2.44. The van der Waals surface area contributed by atoms with Gasteiger partial charge in [0.2, 0.25) is 0 Å². The smallest absolute Gasteiger partial charge is 0.161 e. The van der Waals surface area contributed by atoms with Crippen LogP contribution in [0.15, 0.2) is 16.6 Å². The molecule has 0 saturated heterocycles. The third kappa shape index (κ3) is 2.49. The second-order valence-electron chi connectivity index (χ2n) is 5.59. The summed E-state index contributed by atoms with van der Waals surface area (Å²) in [6.07, 6.45) is 2.38. The van der Waals surface area contributed by atoms with Gasteiger partial charge in [-0.3, -0.25) is 0 Å². The van der Waals surface area contributed by atoms with Crippen LogP contribution in [0.2, 0.25) is 5.15 Å². The summed E-state index contributed by atoms with van der Waals surface area (Å²) < 4.78 is 0.854. The molecule has 0 spiro atoms. The monoisotopic (exact) mass is 350 g/mol. The molecule has 0 N–H and O–H groups in total. The van der Waals surface area contributed by atoms with E-state index in [0.29, 0.717) is 11.1 Å². The lowest BCUT2D eigenvalue weighted by atomic mass is 9.99. The largest absolute Gasteiger partial charge is 0.231 e. The summed E-state index contributed by atoms with van der Waals surface area (Å²) in [5.74, 6) is 1.28. The van der Waals surface area contributed by atoms with E-state index in [4.69, 9.17) is 16.6 Å². The van der Waals surface area contributed by atoms with Gasteiger partial charge in [-0.25, -0.2) is 9.97 Å². The van der Waals surface area contributed by atoms with Gasteiger partial charge in [0.25, 0.3) is 0 Å².